The summed E-state index contributed by atoms with van der Waals surface area (Å²) in [7, 11) is 1.81. The van der Waals surface area contributed by atoms with E-state index in [0.29, 0.717) is 11.0 Å². The van der Waals surface area contributed by atoms with Crippen LogP contribution in [0, 0.1) is 0 Å². The van der Waals surface area contributed by atoms with Crippen molar-refractivity contribution >= 4 is 23.5 Å². The van der Waals surface area contributed by atoms with Crippen molar-refractivity contribution in [2.45, 2.75) is 0 Å². The van der Waals surface area contributed by atoms with Gasteiger partial charge in [-0.1, -0.05) is 29.8 Å². The fourth-order valence-corrected chi connectivity index (χ4v) is 2.23. The number of hydrogen-bond acceptors (Lipinski definition) is 3. The van der Waals surface area contributed by atoms with Crippen LogP contribution in [0.4, 0.5) is 5.95 Å². The molecular weight excluding hydrogens is 290 g/mol. The number of amides is 1. The Bertz CT molecular complexity index is 779. The molecule has 0 aliphatic heterocycles. The van der Waals surface area contributed by atoms with Gasteiger partial charge >= 0.3 is 0 Å². The zero-order chi connectivity index (χ0) is 14.8. The SMILES string of the molecule is Cn1c(-c2ccccc2Cl)cnc1NC(=O)c1ncc[nH]1. The number of carbonyl (C=O) groups excluding carboxylic acids is 1. The van der Waals surface area contributed by atoms with Crippen molar-refractivity contribution in [3.8, 4) is 11.3 Å². The van der Waals surface area contributed by atoms with Gasteiger partial charge in [-0.05, 0) is 6.07 Å². The summed E-state index contributed by atoms with van der Waals surface area (Å²) >= 11 is 6.18. The Morgan fingerprint density at radius 1 is 1.33 bits per heavy atom. The zero-order valence-electron chi connectivity index (χ0n) is 11.2. The van der Waals surface area contributed by atoms with Gasteiger partial charge in [0.05, 0.1) is 11.9 Å². The first-order valence-corrected chi connectivity index (χ1v) is 6.62. The predicted molar refractivity (Wildman–Crippen MR) is 80.2 cm³/mol. The maximum absolute atomic E-state index is 12.0. The van der Waals surface area contributed by atoms with E-state index in [9.17, 15) is 4.79 Å². The van der Waals surface area contributed by atoms with Gasteiger partial charge in [0.15, 0.2) is 5.82 Å². The summed E-state index contributed by atoms with van der Waals surface area (Å²) in [6.07, 6.45) is 4.77. The Morgan fingerprint density at radius 3 is 2.86 bits per heavy atom. The second-order valence-electron chi connectivity index (χ2n) is 4.40. The molecule has 0 aliphatic carbocycles. The first kappa shape index (κ1) is 13.4. The number of aromatic nitrogens is 4. The van der Waals surface area contributed by atoms with Crippen LogP contribution in [0.3, 0.4) is 0 Å². The Morgan fingerprint density at radius 2 is 2.14 bits per heavy atom. The van der Waals surface area contributed by atoms with Crippen molar-refractivity contribution in [2.24, 2.45) is 7.05 Å². The molecule has 2 aromatic heterocycles. The van der Waals surface area contributed by atoms with Crippen molar-refractivity contribution in [1.82, 2.24) is 19.5 Å². The molecule has 0 saturated carbocycles. The monoisotopic (exact) mass is 301 g/mol. The van der Waals surface area contributed by atoms with Crippen LogP contribution in [0.2, 0.25) is 5.02 Å². The van der Waals surface area contributed by atoms with Gasteiger partial charge < -0.3 is 9.55 Å². The van der Waals surface area contributed by atoms with Crippen LogP contribution < -0.4 is 5.32 Å². The van der Waals surface area contributed by atoms with Crippen LogP contribution in [-0.4, -0.2) is 25.4 Å². The van der Waals surface area contributed by atoms with Crippen LogP contribution in [0.1, 0.15) is 10.6 Å². The fourth-order valence-electron chi connectivity index (χ4n) is 2.00. The lowest BCUT2D eigenvalue weighted by Crippen LogP contribution is -2.16. The van der Waals surface area contributed by atoms with E-state index in [1.165, 1.54) is 6.20 Å². The number of halogens is 1. The number of H-pyrrole nitrogens is 1. The Kier molecular flexibility index (Phi) is 3.45. The van der Waals surface area contributed by atoms with E-state index in [1.54, 1.807) is 17.0 Å². The maximum Gasteiger partial charge on any atom is 0.293 e. The van der Waals surface area contributed by atoms with Crippen molar-refractivity contribution < 1.29 is 4.79 Å². The lowest BCUT2D eigenvalue weighted by Gasteiger charge is -2.07. The summed E-state index contributed by atoms with van der Waals surface area (Å²) in [5, 5.41) is 3.33. The molecule has 1 amide bonds. The minimum atomic E-state index is -0.348. The molecule has 0 bridgehead atoms. The molecule has 2 N–H and O–H groups in total. The van der Waals surface area contributed by atoms with Crippen molar-refractivity contribution in [3.05, 3.63) is 53.7 Å². The average molecular weight is 302 g/mol. The van der Waals surface area contributed by atoms with E-state index in [4.69, 9.17) is 11.6 Å². The Labute approximate surface area is 125 Å². The summed E-state index contributed by atoms with van der Waals surface area (Å²) < 4.78 is 1.77. The number of nitrogens with one attached hydrogen (secondary N) is 2. The average Bonchev–Trinajstić information content (AvgIpc) is 3.11. The van der Waals surface area contributed by atoms with Crippen LogP contribution in [0.5, 0.6) is 0 Å². The molecule has 106 valence electrons. The second-order valence-corrected chi connectivity index (χ2v) is 4.81. The van der Waals surface area contributed by atoms with E-state index >= 15 is 0 Å². The smallest absolute Gasteiger partial charge is 0.293 e. The molecule has 21 heavy (non-hydrogen) atoms. The van der Waals surface area contributed by atoms with E-state index in [1.807, 2.05) is 31.3 Å². The summed E-state index contributed by atoms with van der Waals surface area (Å²) in [5.41, 5.74) is 1.67. The molecule has 0 radical (unpaired) electrons. The quantitative estimate of drug-likeness (QED) is 0.781. The number of hydrogen-bond donors (Lipinski definition) is 2. The van der Waals surface area contributed by atoms with Gasteiger partial charge in [0.1, 0.15) is 0 Å². The lowest BCUT2D eigenvalue weighted by atomic mass is 10.2. The molecule has 3 aromatic rings. The topological polar surface area (TPSA) is 75.6 Å². The predicted octanol–water partition coefficient (Wildman–Crippen LogP) is 2.72. The van der Waals surface area contributed by atoms with Gasteiger partial charge in [0, 0.05) is 30.0 Å². The highest BCUT2D eigenvalue weighted by Gasteiger charge is 2.15. The molecule has 0 aliphatic rings. The van der Waals surface area contributed by atoms with Crippen LogP contribution in [0.15, 0.2) is 42.9 Å². The molecular formula is C14H12ClN5O. The number of aromatic amines is 1. The van der Waals surface area contributed by atoms with Crippen molar-refractivity contribution in [1.29, 1.82) is 0 Å². The van der Waals surface area contributed by atoms with E-state index in [-0.39, 0.29) is 11.7 Å². The van der Waals surface area contributed by atoms with Gasteiger partial charge in [-0.3, -0.25) is 10.1 Å². The number of imidazole rings is 2. The number of rotatable bonds is 3. The summed E-state index contributed by atoms with van der Waals surface area (Å²) in [6.45, 7) is 0. The number of benzene rings is 1. The van der Waals surface area contributed by atoms with Crippen molar-refractivity contribution in [3.63, 3.8) is 0 Å². The molecule has 0 fully saturated rings. The molecule has 6 nitrogen and oxygen atoms in total. The highest BCUT2D eigenvalue weighted by Crippen LogP contribution is 2.28. The first-order chi connectivity index (χ1) is 10.2. The third kappa shape index (κ3) is 2.53. The number of anilines is 1. The van der Waals surface area contributed by atoms with Gasteiger partial charge in [0.25, 0.3) is 5.91 Å². The number of carbonyl (C=O) groups is 1. The van der Waals surface area contributed by atoms with Crippen LogP contribution in [-0.2, 0) is 7.05 Å². The normalized spacial score (nSPS) is 10.6. The largest absolute Gasteiger partial charge is 0.341 e. The molecule has 0 atom stereocenters. The fraction of sp³-hybridized carbons (Fsp3) is 0.0714. The molecule has 7 heteroatoms. The molecule has 2 heterocycles. The molecule has 0 unspecified atom stereocenters. The summed E-state index contributed by atoms with van der Waals surface area (Å²) in [5.74, 6) is 0.308. The Balaban J connectivity index is 1.90. The highest BCUT2D eigenvalue weighted by molar-refractivity contribution is 6.33. The van der Waals surface area contributed by atoms with Gasteiger partial charge in [-0.2, -0.15) is 0 Å². The second kappa shape index (κ2) is 5.41. The van der Waals surface area contributed by atoms with E-state index < -0.39 is 0 Å². The van der Waals surface area contributed by atoms with Crippen molar-refractivity contribution in [2.75, 3.05) is 5.32 Å². The van der Waals surface area contributed by atoms with Crippen LogP contribution >= 0.6 is 11.6 Å². The minimum absolute atomic E-state index is 0.234. The van der Waals surface area contributed by atoms with Gasteiger partial charge in [-0.25, -0.2) is 9.97 Å². The zero-order valence-corrected chi connectivity index (χ0v) is 11.9. The van der Waals surface area contributed by atoms with Crippen LogP contribution in [0.25, 0.3) is 11.3 Å². The van der Waals surface area contributed by atoms with Gasteiger partial charge in [-0.15, -0.1) is 0 Å². The maximum atomic E-state index is 12.0. The first-order valence-electron chi connectivity index (χ1n) is 6.24. The molecule has 0 saturated heterocycles. The third-order valence-corrected chi connectivity index (χ3v) is 3.41. The summed E-state index contributed by atoms with van der Waals surface area (Å²) in [4.78, 5) is 22.8. The lowest BCUT2D eigenvalue weighted by molar-refractivity contribution is 0.101. The minimum Gasteiger partial charge on any atom is -0.341 e. The third-order valence-electron chi connectivity index (χ3n) is 3.08. The highest BCUT2D eigenvalue weighted by atomic mass is 35.5. The molecule has 3 rings (SSSR count). The van der Waals surface area contributed by atoms with E-state index in [2.05, 4.69) is 20.3 Å². The molecule has 0 spiro atoms. The summed E-state index contributed by atoms with van der Waals surface area (Å²) in [6, 6.07) is 7.47. The number of nitrogens with zero attached hydrogens (tertiary/aromatic N) is 3. The van der Waals surface area contributed by atoms with E-state index in [0.717, 1.165) is 11.3 Å². The van der Waals surface area contributed by atoms with Gasteiger partial charge in [0.2, 0.25) is 5.95 Å². The Hall–Kier alpha value is -2.60. The standard InChI is InChI=1S/C14H12ClN5O/c1-20-11(9-4-2-3-5-10(9)15)8-18-14(20)19-13(21)12-16-6-7-17-12/h2-8H,1H3,(H,16,17)(H,18,19,21). The molecule has 1 aromatic carbocycles.